The van der Waals surface area contributed by atoms with Gasteiger partial charge in [-0.05, 0) is 30.4 Å². The van der Waals surface area contributed by atoms with Crippen molar-refractivity contribution < 1.29 is 4.79 Å². The molecule has 1 aromatic heterocycles. The van der Waals surface area contributed by atoms with Gasteiger partial charge in [-0.15, -0.1) is 0 Å². The highest BCUT2D eigenvalue weighted by molar-refractivity contribution is 6.33. The number of allylic oxidation sites excluding steroid dienone is 3. The molecule has 4 nitrogen and oxygen atoms in total. The Hall–Kier alpha value is -2.36. The summed E-state index contributed by atoms with van der Waals surface area (Å²) in [6.07, 6.45) is 7.10. The summed E-state index contributed by atoms with van der Waals surface area (Å²) >= 11 is 0. The Morgan fingerprint density at radius 3 is 2.88 bits per heavy atom. The number of pyridine rings is 1. The Kier molecular flexibility index (Phi) is 2.55. The van der Waals surface area contributed by atoms with Crippen LogP contribution in [-0.2, 0) is 0 Å². The van der Waals surface area contributed by atoms with Gasteiger partial charge in [0.2, 0.25) is 0 Å². The molecule has 0 aromatic carbocycles. The predicted octanol–water partition coefficient (Wildman–Crippen LogP) is 1.89. The molecule has 1 aromatic rings. The molecule has 4 heteroatoms. The summed E-state index contributed by atoms with van der Waals surface area (Å²) in [6, 6.07) is 3.35. The summed E-state index contributed by atoms with van der Waals surface area (Å²) in [5, 5.41) is 14.7. The minimum atomic E-state index is -0.262. The monoisotopic (exact) mass is 211 g/mol. The van der Waals surface area contributed by atoms with E-state index < -0.39 is 0 Å². The van der Waals surface area contributed by atoms with E-state index in [4.69, 9.17) is 10.8 Å². The van der Waals surface area contributed by atoms with Crippen molar-refractivity contribution in [2.24, 2.45) is 0 Å². The smallest absolute Gasteiger partial charge is 0.197 e. The van der Waals surface area contributed by atoms with Crippen LogP contribution < -0.4 is 0 Å². The van der Waals surface area contributed by atoms with E-state index in [0.29, 0.717) is 11.3 Å². The lowest BCUT2D eigenvalue weighted by atomic mass is 10.0. The minimum absolute atomic E-state index is 0.103. The average Bonchev–Trinajstić information content (AvgIpc) is 2.42. The molecule has 0 atom stereocenters. The summed E-state index contributed by atoms with van der Waals surface area (Å²) in [7, 11) is 0. The van der Waals surface area contributed by atoms with Crippen LogP contribution in [0.1, 0.15) is 16.1 Å². The third-order valence-corrected chi connectivity index (χ3v) is 2.28. The molecule has 1 heterocycles. The lowest BCUT2D eigenvalue weighted by Crippen LogP contribution is -2.10. The van der Waals surface area contributed by atoms with E-state index in [9.17, 15) is 4.79 Å². The van der Waals surface area contributed by atoms with Crippen LogP contribution >= 0.6 is 0 Å². The molecule has 0 radical (unpaired) electrons. The molecular formula is C12H9N3O. The van der Waals surface area contributed by atoms with Gasteiger partial charge in [-0.2, -0.15) is 0 Å². The molecule has 0 spiro atoms. The van der Waals surface area contributed by atoms with Crippen LogP contribution in [0.5, 0.6) is 0 Å². The molecule has 0 amide bonds. The van der Waals surface area contributed by atoms with Crippen molar-refractivity contribution in [1.29, 1.82) is 10.8 Å². The molecular weight excluding hydrogens is 202 g/mol. The molecule has 0 unspecified atom stereocenters. The van der Waals surface area contributed by atoms with Gasteiger partial charge < -0.3 is 10.8 Å². The Morgan fingerprint density at radius 1 is 1.31 bits per heavy atom. The number of ketones is 1. The van der Waals surface area contributed by atoms with Gasteiger partial charge >= 0.3 is 0 Å². The number of aromatic nitrogens is 1. The molecule has 0 saturated carbocycles. The lowest BCUT2D eigenvalue weighted by Gasteiger charge is -2.02. The fourth-order valence-corrected chi connectivity index (χ4v) is 1.51. The summed E-state index contributed by atoms with van der Waals surface area (Å²) in [5.74, 6) is -0.262. The van der Waals surface area contributed by atoms with Crippen molar-refractivity contribution in [3.8, 4) is 0 Å². The number of carbonyl (C=O) groups excluding carboxylic acids is 1. The van der Waals surface area contributed by atoms with Crippen molar-refractivity contribution in [2.45, 2.75) is 0 Å². The fraction of sp³-hybridized carbons (Fsp3) is 0. The van der Waals surface area contributed by atoms with Gasteiger partial charge in [0.05, 0.1) is 11.4 Å². The number of fused-ring (bicyclic) bond motifs is 1. The lowest BCUT2D eigenvalue weighted by molar-refractivity contribution is 0.104. The number of rotatable bonds is 1. The summed E-state index contributed by atoms with van der Waals surface area (Å²) < 4.78 is 0. The van der Waals surface area contributed by atoms with Gasteiger partial charge in [0.1, 0.15) is 0 Å². The highest BCUT2D eigenvalue weighted by Crippen LogP contribution is 2.18. The van der Waals surface area contributed by atoms with E-state index in [1.807, 2.05) is 0 Å². The molecule has 0 bridgehead atoms. The maximum atomic E-state index is 12.0. The maximum absolute atomic E-state index is 12.0. The SMILES string of the molecule is N=C/C=C1\C(=N)C=Cc2ncccc2C1=O. The molecule has 16 heavy (non-hydrogen) atoms. The molecule has 2 N–H and O–H groups in total. The summed E-state index contributed by atoms with van der Waals surface area (Å²) in [6.45, 7) is 0. The Morgan fingerprint density at radius 2 is 2.12 bits per heavy atom. The van der Waals surface area contributed by atoms with Gasteiger partial charge in [0.15, 0.2) is 5.78 Å². The van der Waals surface area contributed by atoms with E-state index in [1.165, 1.54) is 12.2 Å². The van der Waals surface area contributed by atoms with Gasteiger partial charge in [-0.1, -0.05) is 0 Å². The summed E-state index contributed by atoms with van der Waals surface area (Å²) in [4.78, 5) is 16.1. The maximum Gasteiger partial charge on any atom is 0.197 e. The molecule has 78 valence electrons. The highest BCUT2D eigenvalue weighted by Gasteiger charge is 2.20. The fourth-order valence-electron chi connectivity index (χ4n) is 1.51. The topological polar surface area (TPSA) is 77.7 Å². The molecule has 1 aliphatic rings. The minimum Gasteiger partial charge on any atom is -0.309 e. The molecule has 0 aliphatic heterocycles. The van der Waals surface area contributed by atoms with Crippen molar-refractivity contribution in [3.63, 3.8) is 0 Å². The van der Waals surface area contributed by atoms with Crippen molar-refractivity contribution in [3.05, 3.63) is 47.3 Å². The first-order chi connectivity index (χ1) is 7.74. The van der Waals surface area contributed by atoms with Gasteiger partial charge in [-0.3, -0.25) is 9.78 Å². The van der Waals surface area contributed by atoms with E-state index in [2.05, 4.69) is 4.98 Å². The van der Waals surface area contributed by atoms with Crippen LogP contribution in [0.3, 0.4) is 0 Å². The second kappa shape index (κ2) is 4.02. The number of hydrogen-bond acceptors (Lipinski definition) is 4. The van der Waals surface area contributed by atoms with Crippen LogP contribution in [0.4, 0.5) is 0 Å². The van der Waals surface area contributed by atoms with Gasteiger partial charge in [-0.25, -0.2) is 0 Å². The first-order valence-corrected chi connectivity index (χ1v) is 4.71. The molecule has 1 aliphatic carbocycles. The Balaban J connectivity index is 2.64. The second-order valence-corrected chi connectivity index (χ2v) is 3.26. The van der Waals surface area contributed by atoms with Crippen molar-refractivity contribution in [2.75, 3.05) is 0 Å². The standard InChI is InChI=1S/C12H9N3O/c13-6-5-8-10(14)3-4-11-9(12(8)16)2-1-7-15-11/h1-7,13-14H/b8-5+,13-6?,14-10?. The van der Waals surface area contributed by atoms with Gasteiger partial charge in [0, 0.05) is 23.5 Å². The normalized spacial score (nSPS) is 17.1. The van der Waals surface area contributed by atoms with Crippen molar-refractivity contribution >= 4 is 23.8 Å². The number of nitrogens with one attached hydrogen (secondary N) is 2. The number of nitrogens with zero attached hydrogens (tertiary/aromatic N) is 1. The largest absolute Gasteiger partial charge is 0.309 e. The van der Waals surface area contributed by atoms with Crippen LogP contribution in [0.2, 0.25) is 0 Å². The first-order valence-electron chi connectivity index (χ1n) is 4.71. The van der Waals surface area contributed by atoms with Crippen LogP contribution in [-0.4, -0.2) is 22.7 Å². The van der Waals surface area contributed by atoms with Gasteiger partial charge in [0.25, 0.3) is 0 Å². The number of carbonyl (C=O) groups is 1. The molecule has 0 saturated heterocycles. The van der Waals surface area contributed by atoms with Crippen LogP contribution in [0.15, 0.2) is 36.1 Å². The van der Waals surface area contributed by atoms with E-state index in [0.717, 1.165) is 6.21 Å². The third-order valence-electron chi connectivity index (χ3n) is 2.28. The zero-order valence-corrected chi connectivity index (χ0v) is 8.40. The zero-order valence-electron chi connectivity index (χ0n) is 8.40. The first kappa shape index (κ1) is 10.2. The third kappa shape index (κ3) is 1.61. The number of hydrogen-bond donors (Lipinski definition) is 2. The summed E-state index contributed by atoms with van der Waals surface area (Å²) in [5.41, 5.74) is 1.35. The van der Waals surface area contributed by atoms with E-state index in [1.54, 1.807) is 24.4 Å². The van der Waals surface area contributed by atoms with E-state index in [-0.39, 0.29) is 17.1 Å². The molecule has 2 rings (SSSR count). The van der Waals surface area contributed by atoms with Crippen molar-refractivity contribution in [1.82, 2.24) is 4.98 Å². The molecule has 0 fully saturated rings. The van der Waals surface area contributed by atoms with Crippen LogP contribution in [0.25, 0.3) is 6.08 Å². The zero-order chi connectivity index (χ0) is 11.5. The average molecular weight is 211 g/mol. The van der Waals surface area contributed by atoms with E-state index >= 15 is 0 Å². The Bertz CT molecular complexity index is 541. The Labute approximate surface area is 92.4 Å². The van der Waals surface area contributed by atoms with Crippen LogP contribution in [0, 0.1) is 10.8 Å². The second-order valence-electron chi connectivity index (χ2n) is 3.26. The number of Topliss-reactive ketones (excluding diaryl/α,β-unsaturated/α-hetero) is 1. The quantitative estimate of drug-likeness (QED) is 0.549. The highest BCUT2D eigenvalue weighted by atomic mass is 16.1. The predicted molar refractivity (Wildman–Crippen MR) is 62.2 cm³/mol.